The topological polar surface area (TPSA) is 9.23 Å². The molecule has 0 aromatic heterocycles. The molecule has 0 radical (unpaired) electrons. The fourth-order valence-electron chi connectivity index (χ4n) is 5.29. The summed E-state index contributed by atoms with van der Waals surface area (Å²) >= 11 is 0. The first-order chi connectivity index (χ1) is 14.8. The molecule has 0 bridgehead atoms. The highest BCUT2D eigenvalue weighted by atomic mass is 19.4. The van der Waals surface area contributed by atoms with Crippen molar-refractivity contribution in [1.29, 1.82) is 0 Å². The standard InChI is InChI=1S/C26H26F4O/c1-2-3-17-6-11-22-20(14-17)9-10-21-15-18(7-12-23(21)22)4-5-19-8-13-25(24(27)16-19)31-26(28,29)30/h7-8,12-13,15-17,20,22H,2-3,6,9-11,14H2,1H3/t17-,20-,22+/m1/s1. The highest BCUT2D eigenvalue weighted by molar-refractivity contribution is 5.48. The van der Waals surface area contributed by atoms with Gasteiger partial charge in [-0.15, -0.1) is 13.2 Å². The zero-order valence-electron chi connectivity index (χ0n) is 17.6. The fourth-order valence-corrected chi connectivity index (χ4v) is 5.29. The average Bonchev–Trinajstić information content (AvgIpc) is 2.73. The number of rotatable bonds is 3. The van der Waals surface area contributed by atoms with Crippen molar-refractivity contribution in [2.75, 3.05) is 0 Å². The molecule has 31 heavy (non-hydrogen) atoms. The summed E-state index contributed by atoms with van der Waals surface area (Å²) in [5.41, 5.74) is 3.95. The normalized spacial score (nSPS) is 22.7. The van der Waals surface area contributed by atoms with Crippen molar-refractivity contribution in [3.63, 3.8) is 0 Å². The summed E-state index contributed by atoms with van der Waals surface area (Å²) in [5, 5.41) is 0. The lowest BCUT2D eigenvalue weighted by atomic mass is 9.64. The van der Waals surface area contributed by atoms with Gasteiger partial charge in [0.15, 0.2) is 11.6 Å². The van der Waals surface area contributed by atoms with Crippen molar-refractivity contribution >= 4 is 0 Å². The number of aryl methyl sites for hydroxylation is 1. The summed E-state index contributed by atoms with van der Waals surface area (Å²) < 4.78 is 54.3. The van der Waals surface area contributed by atoms with E-state index in [0.29, 0.717) is 11.5 Å². The maximum absolute atomic E-state index is 13.9. The SMILES string of the molecule is CCC[C@@H]1CC[C@@H]2c3ccc(C#Cc4ccc(OC(F)(F)F)c(F)c4)cc3CC[C@@H]2C1. The number of hydrogen-bond acceptors (Lipinski definition) is 1. The molecule has 4 rings (SSSR count). The molecule has 1 nitrogen and oxygen atoms in total. The summed E-state index contributed by atoms with van der Waals surface area (Å²) in [6.07, 6.45) is 3.89. The molecule has 2 aliphatic rings. The third-order valence-corrected chi connectivity index (χ3v) is 6.62. The van der Waals surface area contributed by atoms with E-state index in [1.165, 1.54) is 55.7 Å². The lowest BCUT2D eigenvalue weighted by Crippen LogP contribution is -2.28. The molecule has 2 aromatic rings. The Morgan fingerprint density at radius 2 is 1.74 bits per heavy atom. The average molecular weight is 430 g/mol. The molecule has 0 aliphatic heterocycles. The van der Waals surface area contributed by atoms with E-state index >= 15 is 0 Å². The number of hydrogen-bond donors (Lipinski definition) is 0. The largest absolute Gasteiger partial charge is 0.573 e. The van der Waals surface area contributed by atoms with Crippen LogP contribution in [0.2, 0.25) is 0 Å². The number of ether oxygens (including phenoxy) is 1. The van der Waals surface area contributed by atoms with Gasteiger partial charge in [-0.2, -0.15) is 0 Å². The smallest absolute Gasteiger partial charge is 0.403 e. The van der Waals surface area contributed by atoms with Crippen molar-refractivity contribution in [3.05, 3.63) is 64.5 Å². The lowest BCUT2D eigenvalue weighted by Gasteiger charge is -2.40. The van der Waals surface area contributed by atoms with Gasteiger partial charge in [-0.25, -0.2) is 4.39 Å². The first-order valence-corrected chi connectivity index (χ1v) is 11.0. The van der Waals surface area contributed by atoms with Gasteiger partial charge in [-0.3, -0.25) is 0 Å². The van der Waals surface area contributed by atoms with Gasteiger partial charge in [0, 0.05) is 11.1 Å². The number of benzene rings is 2. The summed E-state index contributed by atoms with van der Waals surface area (Å²) in [5.74, 6) is 6.25. The minimum Gasteiger partial charge on any atom is -0.403 e. The van der Waals surface area contributed by atoms with E-state index in [4.69, 9.17) is 0 Å². The molecular formula is C26H26F4O. The quantitative estimate of drug-likeness (QED) is 0.365. The van der Waals surface area contributed by atoms with Gasteiger partial charge < -0.3 is 4.74 Å². The highest BCUT2D eigenvalue weighted by Gasteiger charge is 2.35. The third kappa shape index (κ3) is 5.23. The molecule has 0 spiro atoms. The second-order valence-electron chi connectivity index (χ2n) is 8.73. The Balaban J connectivity index is 1.48. The van der Waals surface area contributed by atoms with Crippen molar-refractivity contribution in [2.45, 2.75) is 64.1 Å². The fraction of sp³-hybridized carbons (Fsp3) is 0.462. The van der Waals surface area contributed by atoms with Crippen LogP contribution in [0.5, 0.6) is 5.75 Å². The van der Waals surface area contributed by atoms with Gasteiger partial charge in [0.1, 0.15) is 0 Å². The van der Waals surface area contributed by atoms with Crippen LogP contribution in [0, 0.1) is 29.5 Å². The maximum Gasteiger partial charge on any atom is 0.573 e. The second kappa shape index (κ2) is 8.94. The zero-order valence-corrected chi connectivity index (χ0v) is 17.6. The van der Waals surface area contributed by atoms with Crippen molar-refractivity contribution in [3.8, 4) is 17.6 Å². The molecule has 2 aliphatic carbocycles. The predicted molar refractivity (Wildman–Crippen MR) is 112 cm³/mol. The molecular weight excluding hydrogens is 404 g/mol. The van der Waals surface area contributed by atoms with Gasteiger partial charge >= 0.3 is 6.36 Å². The second-order valence-corrected chi connectivity index (χ2v) is 8.73. The van der Waals surface area contributed by atoms with Crippen LogP contribution in [-0.2, 0) is 6.42 Å². The molecule has 0 N–H and O–H groups in total. The Morgan fingerprint density at radius 1 is 1.00 bits per heavy atom. The Bertz CT molecular complexity index is 999. The van der Waals surface area contributed by atoms with Crippen LogP contribution in [0.3, 0.4) is 0 Å². The first kappa shape index (κ1) is 21.7. The van der Waals surface area contributed by atoms with Crippen LogP contribution in [0.15, 0.2) is 36.4 Å². The Kier molecular flexibility index (Phi) is 6.27. The van der Waals surface area contributed by atoms with Gasteiger partial charge in [0.2, 0.25) is 0 Å². The first-order valence-electron chi connectivity index (χ1n) is 11.0. The van der Waals surface area contributed by atoms with E-state index in [2.05, 4.69) is 35.6 Å². The van der Waals surface area contributed by atoms with E-state index in [1.807, 2.05) is 6.07 Å². The molecule has 3 atom stereocenters. The van der Waals surface area contributed by atoms with Crippen molar-refractivity contribution in [2.24, 2.45) is 11.8 Å². The Hall–Kier alpha value is -2.48. The molecule has 0 saturated heterocycles. The maximum atomic E-state index is 13.9. The lowest BCUT2D eigenvalue weighted by molar-refractivity contribution is -0.275. The number of fused-ring (bicyclic) bond motifs is 3. The van der Waals surface area contributed by atoms with E-state index in [1.54, 1.807) is 0 Å². The molecule has 0 unspecified atom stereocenters. The van der Waals surface area contributed by atoms with Gasteiger partial charge in [0.25, 0.3) is 0 Å². The van der Waals surface area contributed by atoms with Crippen LogP contribution >= 0.6 is 0 Å². The molecule has 5 heteroatoms. The van der Waals surface area contributed by atoms with Crippen LogP contribution < -0.4 is 4.74 Å². The molecule has 0 amide bonds. The summed E-state index contributed by atoms with van der Waals surface area (Å²) in [6, 6.07) is 9.56. The van der Waals surface area contributed by atoms with Crippen molar-refractivity contribution < 1.29 is 22.3 Å². The molecule has 1 saturated carbocycles. The van der Waals surface area contributed by atoms with Crippen LogP contribution in [0.4, 0.5) is 17.6 Å². The van der Waals surface area contributed by atoms with E-state index in [9.17, 15) is 17.6 Å². The highest BCUT2D eigenvalue weighted by Crippen LogP contribution is 2.47. The van der Waals surface area contributed by atoms with Gasteiger partial charge in [-0.05, 0) is 91.3 Å². The molecule has 2 aromatic carbocycles. The van der Waals surface area contributed by atoms with Crippen LogP contribution in [0.25, 0.3) is 0 Å². The predicted octanol–water partition coefficient (Wildman–Crippen LogP) is 7.37. The minimum absolute atomic E-state index is 0.305. The van der Waals surface area contributed by atoms with Crippen molar-refractivity contribution in [1.82, 2.24) is 0 Å². The Morgan fingerprint density at radius 3 is 2.45 bits per heavy atom. The molecule has 0 heterocycles. The summed E-state index contributed by atoms with van der Waals surface area (Å²) in [6.45, 7) is 2.27. The monoisotopic (exact) mass is 430 g/mol. The van der Waals surface area contributed by atoms with Crippen LogP contribution in [0.1, 0.15) is 73.6 Å². The van der Waals surface area contributed by atoms with E-state index in [-0.39, 0.29) is 0 Å². The van der Waals surface area contributed by atoms with E-state index in [0.717, 1.165) is 36.0 Å². The molecule has 1 fully saturated rings. The summed E-state index contributed by atoms with van der Waals surface area (Å²) in [7, 11) is 0. The third-order valence-electron chi connectivity index (χ3n) is 6.62. The van der Waals surface area contributed by atoms with Gasteiger partial charge in [0.05, 0.1) is 0 Å². The van der Waals surface area contributed by atoms with Crippen LogP contribution in [-0.4, -0.2) is 6.36 Å². The minimum atomic E-state index is -4.93. The van der Waals surface area contributed by atoms with E-state index < -0.39 is 17.9 Å². The van der Waals surface area contributed by atoms with Gasteiger partial charge in [-0.1, -0.05) is 37.7 Å². The Labute approximate surface area is 180 Å². The number of halogens is 4. The zero-order chi connectivity index (χ0) is 22.0. The summed E-state index contributed by atoms with van der Waals surface area (Å²) in [4.78, 5) is 0. The molecule has 164 valence electrons. The number of alkyl halides is 3.